The summed E-state index contributed by atoms with van der Waals surface area (Å²) in [5, 5.41) is 0. The molecule has 30 heavy (non-hydrogen) atoms. The van der Waals surface area contributed by atoms with Gasteiger partial charge in [-0.3, -0.25) is 0 Å². The maximum Gasteiger partial charge on any atom is 0.338 e. The number of hydrogen-bond acceptors (Lipinski definition) is 2. The highest BCUT2D eigenvalue weighted by molar-refractivity contribution is 5.90. The van der Waals surface area contributed by atoms with Gasteiger partial charge in [0.05, 0.1) is 5.56 Å². The maximum atomic E-state index is 12.6. The van der Waals surface area contributed by atoms with Crippen LogP contribution in [-0.4, -0.2) is 5.97 Å². The second-order valence-corrected chi connectivity index (χ2v) is 7.80. The van der Waals surface area contributed by atoms with E-state index in [1.54, 1.807) is 0 Å². The van der Waals surface area contributed by atoms with E-state index in [4.69, 9.17) is 4.74 Å². The molecule has 0 spiro atoms. The van der Waals surface area contributed by atoms with Crippen LogP contribution in [0.15, 0.2) is 78.9 Å². The lowest BCUT2D eigenvalue weighted by molar-refractivity contribution is 0.0288. The first kappa shape index (κ1) is 21.8. The van der Waals surface area contributed by atoms with Crippen molar-refractivity contribution in [1.29, 1.82) is 0 Å². The van der Waals surface area contributed by atoms with Crippen molar-refractivity contribution in [3.63, 3.8) is 0 Å². The second kappa shape index (κ2) is 11.3. The predicted octanol–water partition coefficient (Wildman–Crippen LogP) is 7.78. The molecule has 0 radical (unpaired) electrons. The molecule has 2 heteroatoms. The summed E-state index contributed by atoms with van der Waals surface area (Å²) in [6, 6.07) is 26.4. The van der Waals surface area contributed by atoms with E-state index in [1.807, 2.05) is 61.5 Å². The molecule has 3 rings (SSSR count). The molecule has 156 valence electrons. The lowest BCUT2D eigenvalue weighted by atomic mass is 10.00. The zero-order valence-corrected chi connectivity index (χ0v) is 18.1. The minimum Gasteiger partial charge on any atom is -0.454 e. The summed E-state index contributed by atoms with van der Waals surface area (Å²) in [6.07, 6.45) is 6.82. The van der Waals surface area contributed by atoms with Crippen LogP contribution in [0.4, 0.5) is 0 Å². The van der Waals surface area contributed by atoms with Gasteiger partial charge in [-0.2, -0.15) is 0 Å². The molecule has 2 nitrogen and oxygen atoms in total. The van der Waals surface area contributed by atoms with Crippen LogP contribution in [0, 0.1) is 0 Å². The first-order chi connectivity index (χ1) is 14.7. The standard InChI is InChI=1S/C28H32O2/c1-3-5-6-8-11-22-14-16-23(17-15-22)24-18-20-26(21-19-24)28(29)30-27(4-2)25-12-9-7-10-13-25/h7,9-10,12-21,27H,3-6,8,11H2,1-2H3. The summed E-state index contributed by atoms with van der Waals surface area (Å²) in [5.41, 5.74) is 5.28. The number of unbranched alkanes of at least 4 members (excludes halogenated alkanes) is 3. The summed E-state index contributed by atoms with van der Waals surface area (Å²) in [5.74, 6) is -0.278. The average Bonchev–Trinajstić information content (AvgIpc) is 2.81. The largest absolute Gasteiger partial charge is 0.454 e. The van der Waals surface area contributed by atoms with Crippen LogP contribution in [0.3, 0.4) is 0 Å². The van der Waals surface area contributed by atoms with Gasteiger partial charge < -0.3 is 4.74 Å². The van der Waals surface area contributed by atoms with Crippen LogP contribution in [-0.2, 0) is 11.2 Å². The molecule has 0 bridgehead atoms. The van der Waals surface area contributed by atoms with Crippen molar-refractivity contribution >= 4 is 5.97 Å². The number of benzene rings is 3. The molecule has 0 saturated heterocycles. The van der Waals surface area contributed by atoms with Crippen LogP contribution in [0.2, 0.25) is 0 Å². The van der Waals surface area contributed by atoms with E-state index in [9.17, 15) is 4.79 Å². The normalized spacial score (nSPS) is 11.8. The number of carbonyl (C=O) groups excluding carboxylic acids is 1. The van der Waals surface area contributed by atoms with Crippen molar-refractivity contribution in [2.45, 2.75) is 58.5 Å². The Bertz CT molecular complexity index is 896. The van der Waals surface area contributed by atoms with E-state index in [2.05, 4.69) is 31.2 Å². The second-order valence-electron chi connectivity index (χ2n) is 7.80. The summed E-state index contributed by atoms with van der Waals surface area (Å²) in [6.45, 7) is 4.27. The Kier molecular flexibility index (Phi) is 8.26. The number of carbonyl (C=O) groups is 1. The van der Waals surface area contributed by atoms with Gasteiger partial charge in [0.15, 0.2) is 0 Å². The number of hydrogen-bond donors (Lipinski definition) is 0. The molecule has 0 fully saturated rings. The summed E-state index contributed by atoms with van der Waals surface area (Å²) >= 11 is 0. The third-order valence-corrected chi connectivity index (χ3v) is 5.52. The van der Waals surface area contributed by atoms with Crippen LogP contribution in [0.5, 0.6) is 0 Å². The van der Waals surface area contributed by atoms with Crippen molar-refractivity contribution in [3.8, 4) is 11.1 Å². The molecule has 1 unspecified atom stereocenters. The van der Waals surface area contributed by atoms with Crippen molar-refractivity contribution < 1.29 is 9.53 Å². The highest BCUT2D eigenvalue weighted by Gasteiger charge is 2.16. The fraction of sp³-hybridized carbons (Fsp3) is 0.321. The Labute approximate surface area is 180 Å². The molecule has 0 aromatic heterocycles. The van der Waals surface area contributed by atoms with Crippen molar-refractivity contribution in [3.05, 3.63) is 95.6 Å². The van der Waals surface area contributed by atoms with E-state index >= 15 is 0 Å². The number of rotatable bonds is 10. The highest BCUT2D eigenvalue weighted by atomic mass is 16.5. The topological polar surface area (TPSA) is 26.3 Å². The van der Waals surface area contributed by atoms with E-state index in [-0.39, 0.29) is 12.1 Å². The SMILES string of the molecule is CCCCCCc1ccc(-c2ccc(C(=O)OC(CC)c3ccccc3)cc2)cc1. The van der Waals surface area contributed by atoms with Gasteiger partial charge in [0.2, 0.25) is 0 Å². The molecule has 0 aliphatic rings. The smallest absolute Gasteiger partial charge is 0.338 e. The molecule has 0 amide bonds. The van der Waals surface area contributed by atoms with Crippen molar-refractivity contribution in [2.75, 3.05) is 0 Å². The third kappa shape index (κ3) is 6.06. The van der Waals surface area contributed by atoms with Crippen LogP contribution >= 0.6 is 0 Å². The number of esters is 1. The fourth-order valence-corrected chi connectivity index (χ4v) is 3.67. The van der Waals surface area contributed by atoms with Gasteiger partial charge in [0.25, 0.3) is 0 Å². The molecule has 0 saturated carbocycles. The average molecular weight is 401 g/mol. The lowest BCUT2D eigenvalue weighted by Gasteiger charge is -2.16. The van der Waals surface area contributed by atoms with Gasteiger partial charge >= 0.3 is 5.97 Å². The minimum atomic E-state index is -0.278. The molecule has 0 heterocycles. The summed E-state index contributed by atoms with van der Waals surface area (Å²) in [7, 11) is 0. The Hall–Kier alpha value is -2.87. The lowest BCUT2D eigenvalue weighted by Crippen LogP contribution is -2.11. The van der Waals surface area contributed by atoms with E-state index in [0.29, 0.717) is 5.56 Å². The van der Waals surface area contributed by atoms with Crippen LogP contribution in [0.1, 0.15) is 73.5 Å². The zero-order chi connectivity index (χ0) is 21.2. The number of aryl methyl sites for hydroxylation is 1. The quantitative estimate of drug-likeness (QED) is 0.256. The predicted molar refractivity (Wildman–Crippen MR) is 125 cm³/mol. The maximum absolute atomic E-state index is 12.6. The highest BCUT2D eigenvalue weighted by Crippen LogP contribution is 2.24. The summed E-state index contributed by atoms with van der Waals surface area (Å²) < 4.78 is 5.75. The molecular formula is C28H32O2. The Morgan fingerprint density at radius 1 is 0.767 bits per heavy atom. The first-order valence-corrected chi connectivity index (χ1v) is 11.2. The van der Waals surface area contributed by atoms with E-state index in [1.165, 1.54) is 36.8 Å². The van der Waals surface area contributed by atoms with Crippen LogP contribution < -0.4 is 0 Å². The molecule has 3 aromatic rings. The van der Waals surface area contributed by atoms with Gasteiger partial charge in [-0.15, -0.1) is 0 Å². The van der Waals surface area contributed by atoms with Gasteiger partial charge in [-0.25, -0.2) is 4.79 Å². The Morgan fingerprint density at radius 3 is 2.00 bits per heavy atom. The van der Waals surface area contributed by atoms with Gasteiger partial charge in [-0.05, 0) is 53.6 Å². The molecule has 0 aliphatic carbocycles. The number of ether oxygens (including phenoxy) is 1. The Balaban J connectivity index is 1.60. The third-order valence-electron chi connectivity index (χ3n) is 5.52. The van der Waals surface area contributed by atoms with Crippen molar-refractivity contribution in [2.24, 2.45) is 0 Å². The Morgan fingerprint density at radius 2 is 1.40 bits per heavy atom. The molecule has 3 aromatic carbocycles. The van der Waals surface area contributed by atoms with Gasteiger partial charge in [0.1, 0.15) is 6.10 Å². The van der Waals surface area contributed by atoms with Gasteiger partial charge in [-0.1, -0.05) is 99.8 Å². The molecule has 0 N–H and O–H groups in total. The monoisotopic (exact) mass is 400 g/mol. The van der Waals surface area contributed by atoms with E-state index in [0.717, 1.165) is 24.0 Å². The van der Waals surface area contributed by atoms with Crippen molar-refractivity contribution in [1.82, 2.24) is 0 Å². The van der Waals surface area contributed by atoms with Gasteiger partial charge in [0, 0.05) is 0 Å². The molecular weight excluding hydrogens is 368 g/mol. The fourth-order valence-electron chi connectivity index (χ4n) is 3.67. The first-order valence-electron chi connectivity index (χ1n) is 11.2. The molecule has 1 atom stereocenters. The minimum absolute atomic E-state index is 0.219. The summed E-state index contributed by atoms with van der Waals surface area (Å²) in [4.78, 5) is 12.6. The zero-order valence-electron chi connectivity index (χ0n) is 18.1. The van der Waals surface area contributed by atoms with Crippen LogP contribution in [0.25, 0.3) is 11.1 Å². The molecule has 0 aliphatic heterocycles. The van der Waals surface area contributed by atoms with E-state index < -0.39 is 0 Å².